The third-order valence-corrected chi connectivity index (χ3v) is 6.08. The Hall–Kier alpha value is -3.09. The van der Waals surface area contributed by atoms with Crippen LogP contribution < -0.4 is 14.4 Å². The molecule has 0 aromatic heterocycles. The first-order valence-corrected chi connectivity index (χ1v) is 10.4. The van der Waals surface area contributed by atoms with Crippen molar-refractivity contribution in [3.05, 3.63) is 57.6 Å². The van der Waals surface area contributed by atoms with Crippen LogP contribution in [0.25, 0.3) is 0 Å². The van der Waals surface area contributed by atoms with Gasteiger partial charge in [0.25, 0.3) is 5.69 Å². The van der Waals surface area contributed by atoms with Gasteiger partial charge in [-0.3, -0.25) is 14.9 Å². The fourth-order valence-corrected chi connectivity index (χ4v) is 4.37. The van der Waals surface area contributed by atoms with Crippen LogP contribution in [-0.2, 0) is 4.79 Å². The molecule has 0 spiro atoms. The maximum atomic E-state index is 12.7. The predicted octanol–water partition coefficient (Wildman–Crippen LogP) is 4.75. The van der Waals surface area contributed by atoms with Gasteiger partial charge in [0.05, 0.1) is 23.8 Å². The zero-order chi connectivity index (χ0) is 21.3. The Kier molecular flexibility index (Phi) is 5.61. The van der Waals surface area contributed by atoms with Crippen molar-refractivity contribution in [1.82, 2.24) is 0 Å². The third-order valence-electron chi connectivity index (χ3n) is 6.08. The van der Waals surface area contributed by atoms with E-state index in [2.05, 4.69) is 0 Å². The zero-order valence-electron chi connectivity index (χ0n) is 17.3. The summed E-state index contributed by atoms with van der Waals surface area (Å²) in [6.45, 7) is 2.17. The summed E-state index contributed by atoms with van der Waals surface area (Å²) in [6, 6.07) is 10.8. The quantitative estimate of drug-likeness (QED) is 0.507. The van der Waals surface area contributed by atoms with E-state index in [9.17, 15) is 14.9 Å². The van der Waals surface area contributed by atoms with Gasteiger partial charge < -0.3 is 14.4 Å². The molecule has 30 heavy (non-hydrogen) atoms. The lowest BCUT2D eigenvalue weighted by molar-refractivity contribution is -0.385. The highest BCUT2D eigenvalue weighted by Gasteiger charge is 2.33. The summed E-state index contributed by atoms with van der Waals surface area (Å²) >= 11 is 0. The van der Waals surface area contributed by atoms with Gasteiger partial charge in [0, 0.05) is 30.5 Å². The molecular formula is C23H26N2O5. The van der Waals surface area contributed by atoms with Crippen molar-refractivity contribution in [2.45, 2.75) is 51.0 Å². The zero-order valence-corrected chi connectivity index (χ0v) is 17.3. The number of hydrogen-bond donors (Lipinski definition) is 0. The van der Waals surface area contributed by atoms with E-state index in [4.69, 9.17) is 9.47 Å². The number of carbonyl (C=O) groups excluding carboxylic acids is 1. The number of benzene rings is 2. The molecule has 1 amide bonds. The maximum absolute atomic E-state index is 12.7. The Balaban J connectivity index is 1.56. The van der Waals surface area contributed by atoms with Gasteiger partial charge >= 0.3 is 0 Å². The van der Waals surface area contributed by atoms with Crippen molar-refractivity contribution in [1.29, 1.82) is 0 Å². The monoisotopic (exact) mass is 410 g/mol. The summed E-state index contributed by atoms with van der Waals surface area (Å²) in [5.41, 5.74) is 2.19. The molecule has 158 valence electrons. The molecule has 7 heteroatoms. The molecule has 2 aromatic carbocycles. The molecule has 0 radical (unpaired) electrons. The molecule has 1 heterocycles. The molecule has 0 N–H and O–H groups in total. The highest BCUT2D eigenvalue weighted by Crippen LogP contribution is 2.38. The maximum Gasteiger partial charge on any atom is 0.274 e. The van der Waals surface area contributed by atoms with Crippen LogP contribution in [0.15, 0.2) is 36.4 Å². The molecule has 1 saturated carbocycles. The van der Waals surface area contributed by atoms with E-state index in [-0.39, 0.29) is 23.6 Å². The van der Waals surface area contributed by atoms with Gasteiger partial charge in [-0.25, -0.2) is 0 Å². The fraction of sp³-hybridized carbons (Fsp3) is 0.435. The number of amides is 1. The molecule has 1 aliphatic heterocycles. The molecule has 0 bridgehead atoms. The van der Waals surface area contributed by atoms with Crippen molar-refractivity contribution in [2.75, 3.05) is 18.6 Å². The number of rotatable bonds is 6. The van der Waals surface area contributed by atoms with E-state index < -0.39 is 4.92 Å². The van der Waals surface area contributed by atoms with Crippen LogP contribution in [0.3, 0.4) is 0 Å². The lowest BCUT2D eigenvalue weighted by atomic mass is 9.98. The number of nitro benzene ring substituents is 1. The molecule has 1 unspecified atom stereocenters. The number of methoxy groups -OCH3 is 1. The Morgan fingerprint density at radius 2 is 1.87 bits per heavy atom. The van der Waals surface area contributed by atoms with E-state index in [0.717, 1.165) is 24.2 Å². The lowest BCUT2D eigenvalue weighted by Gasteiger charge is -2.19. The average Bonchev–Trinajstić information content (AvgIpc) is 3.38. The van der Waals surface area contributed by atoms with Crippen LogP contribution in [0.5, 0.6) is 11.5 Å². The van der Waals surface area contributed by atoms with Crippen LogP contribution in [0, 0.1) is 17.0 Å². The highest BCUT2D eigenvalue weighted by atomic mass is 16.6. The summed E-state index contributed by atoms with van der Waals surface area (Å²) in [4.78, 5) is 25.2. The first-order valence-electron chi connectivity index (χ1n) is 10.4. The lowest BCUT2D eigenvalue weighted by Crippen LogP contribution is -2.24. The molecule has 2 fully saturated rings. The van der Waals surface area contributed by atoms with Gasteiger partial charge in [-0.15, -0.1) is 0 Å². The second-order valence-corrected chi connectivity index (χ2v) is 8.07. The summed E-state index contributed by atoms with van der Waals surface area (Å²) in [7, 11) is 1.63. The number of anilines is 1. The van der Waals surface area contributed by atoms with E-state index in [1.165, 1.54) is 18.9 Å². The highest BCUT2D eigenvalue weighted by molar-refractivity contribution is 5.96. The van der Waals surface area contributed by atoms with Crippen molar-refractivity contribution >= 4 is 17.3 Å². The fourth-order valence-electron chi connectivity index (χ4n) is 4.37. The van der Waals surface area contributed by atoms with Crippen molar-refractivity contribution < 1.29 is 19.2 Å². The van der Waals surface area contributed by atoms with E-state index >= 15 is 0 Å². The third kappa shape index (κ3) is 3.97. The second-order valence-electron chi connectivity index (χ2n) is 8.07. The van der Waals surface area contributed by atoms with Gasteiger partial charge in [-0.05, 0) is 56.4 Å². The molecular weight excluding hydrogens is 384 g/mol. The topological polar surface area (TPSA) is 81.9 Å². The van der Waals surface area contributed by atoms with Crippen molar-refractivity contribution in [2.24, 2.45) is 0 Å². The first kappa shape index (κ1) is 20.2. The van der Waals surface area contributed by atoms with Gasteiger partial charge in [0.1, 0.15) is 0 Å². The van der Waals surface area contributed by atoms with E-state index in [1.807, 2.05) is 18.2 Å². The molecule has 1 aliphatic carbocycles. The van der Waals surface area contributed by atoms with Gasteiger partial charge in [-0.1, -0.05) is 12.1 Å². The summed E-state index contributed by atoms with van der Waals surface area (Å²) in [5, 5.41) is 11.3. The molecule has 1 atom stereocenters. The van der Waals surface area contributed by atoms with Crippen LogP contribution in [-0.4, -0.2) is 30.6 Å². The summed E-state index contributed by atoms with van der Waals surface area (Å²) in [6.07, 6.45) is 5.04. The standard InChI is InChI=1S/C23H26N2O5/c1-15-7-9-18(13-20(15)25(27)28)24-14-17(12-23(24)26)16-8-10-21(29-2)22(11-16)30-19-5-3-4-6-19/h7-11,13,17,19H,3-6,12,14H2,1-2H3. The van der Waals surface area contributed by atoms with E-state index in [1.54, 1.807) is 31.1 Å². The normalized spacial score (nSPS) is 19.3. The molecule has 7 nitrogen and oxygen atoms in total. The molecule has 2 aliphatic rings. The first-order chi connectivity index (χ1) is 14.5. The minimum Gasteiger partial charge on any atom is -0.493 e. The number of carbonyl (C=O) groups is 1. The van der Waals surface area contributed by atoms with Crippen LogP contribution in [0.1, 0.15) is 49.1 Å². The largest absolute Gasteiger partial charge is 0.493 e. The summed E-state index contributed by atoms with van der Waals surface area (Å²) < 4.78 is 11.7. The molecule has 1 saturated heterocycles. The molecule has 2 aromatic rings. The number of nitrogens with zero attached hydrogens (tertiary/aromatic N) is 2. The second kappa shape index (κ2) is 8.34. The van der Waals surface area contributed by atoms with Gasteiger partial charge in [0.15, 0.2) is 11.5 Å². The van der Waals surface area contributed by atoms with Crippen molar-refractivity contribution in [3.63, 3.8) is 0 Å². The van der Waals surface area contributed by atoms with Crippen molar-refractivity contribution in [3.8, 4) is 11.5 Å². The SMILES string of the molecule is COc1ccc(C2CC(=O)N(c3ccc(C)c([N+](=O)[O-])c3)C2)cc1OC1CCCC1. The Labute approximate surface area is 175 Å². The van der Waals surface area contributed by atoms with Gasteiger partial charge in [-0.2, -0.15) is 0 Å². The number of nitro groups is 1. The smallest absolute Gasteiger partial charge is 0.274 e. The predicted molar refractivity (Wildman–Crippen MR) is 113 cm³/mol. The average molecular weight is 410 g/mol. The van der Waals surface area contributed by atoms with Gasteiger partial charge in [0.2, 0.25) is 5.91 Å². The Morgan fingerprint density at radius 1 is 1.10 bits per heavy atom. The number of hydrogen-bond acceptors (Lipinski definition) is 5. The molecule has 4 rings (SSSR count). The number of aryl methyl sites for hydroxylation is 1. The minimum absolute atomic E-state index is 0.00491. The van der Waals surface area contributed by atoms with Crippen LogP contribution >= 0.6 is 0 Å². The van der Waals surface area contributed by atoms with Crippen LogP contribution in [0.4, 0.5) is 11.4 Å². The Bertz CT molecular complexity index is 968. The minimum atomic E-state index is -0.410. The number of ether oxygens (including phenoxy) is 2. The summed E-state index contributed by atoms with van der Waals surface area (Å²) in [5.74, 6) is 1.38. The van der Waals surface area contributed by atoms with Crippen LogP contribution in [0.2, 0.25) is 0 Å². The Morgan fingerprint density at radius 3 is 2.57 bits per heavy atom. The van der Waals surface area contributed by atoms with E-state index in [0.29, 0.717) is 30.0 Å².